The quantitative estimate of drug-likeness (QED) is 0.762. The second-order valence-electron chi connectivity index (χ2n) is 6.81. The van der Waals surface area contributed by atoms with Gasteiger partial charge in [-0.2, -0.15) is 0 Å². The van der Waals surface area contributed by atoms with Crippen molar-refractivity contribution in [2.24, 2.45) is 0 Å². The molecule has 1 saturated heterocycles. The van der Waals surface area contributed by atoms with Gasteiger partial charge in [-0.25, -0.2) is 4.79 Å². The summed E-state index contributed by atoms with van der Waals surface area (Å²) in [7, 11) is 0. The van der Waals surface area contributed by atoms with Gasteiger partial charge in [-0.3, -0.25) is 14.4 Å². The normalized spacial score (nSPS) is 18.9. The lowest BCUT2D eigenvalue weighted by atomic mass is 10.1. The number of nitrogens with zero attached hydrogens (tertiary/aromatic N) is 2. The van der Waals surface area contributed by atoms with E-state index in [1.807, 2.05) is 30.3 Å². The zero-order valence-corrected chi connectivity index (χ0v) is 15.2. The first-order chi connectivity index (χ1) is 13.6. The number of hydrogen-bond acceptors (Lipinski definition) is 5. The van der Waals surface area contributed by atoms with E-state index in [1.54, 1.807) is 29.2 Å². The molecule has 0 aromatic heterocycles. The van der Waals surface area contributed by atoms with Crippen LogP contribution in [0.4, 0.5) is 4.79 Å². The van der Waals surface area contributed by atoms with Gasteiger partial charge in [0, 0.05) is 6.54 Å². The smallest absolute Gasteiger partial charge is 0.410 e. The van der Waals surface area contributed by atoms with Crippen LogP contribution in [0.5, 0.6) is 0 Å². The molecule has 0 saturated carbocycles. The van der Waals surface area contributed by atoms with Gasteiger partial charge in [0.2, 0.25) is 0 Å². The molecule has 0 radical (unpaired) electrons. The summed E-state index contributed by atoms with van der Waals surface area (Å²) in [4.78, 5) is 44.5. The van der Waals surface area contributed by atoms with Gasteiger partial charge in [0.05, 0.1) is 17.7 Å². The predicted octanol–water partition coefficient (Wildman–Crippen LogP) is 3.02. The molecule has 0 aliphatic carbocycles. The van der Waals surface area contributed by atoms with Crippen molar-refractivity contribution >= 4 is 17.9 Å². The topological polar surface area (TPSA) is 76.2 Å². The fourth-order valence-corrected chi connectivity index (χ4v) is 3.41. The van der Waals surface area contributed by atoms with Crippen molar-refractivity contribution in [1.29, 1.82) is 0 Å². The SMILES string of the molecule is O=C(OCc1ccccc1)N1CCCC(ON2C(=O)c3ccccc3C2=O)C1. The Morgan fingerprint density at radius 1 is 0.964 bits per heavy atom. The molecular weight excluding hydrogens is 360 g/mol. The van der Waals surface area contributed by atoms with E-state index in [-0.39, 0.29) is 13.2 Å². The summed E-state index contributed by atoms with van der Waals surface area (Å²) in [6.45, 7) is 1.01. The maximum atomic E-state index is 12.4. The fourth-order valence-electron chi connectivity index (χ4n) is 3.41. The summed E-state index contributed by atoms with van der Waals surface area (Å²) in [5.74, 6) is -0.936. The molecule has 28 heavy (non-hydrogen) atoms. The summed E-state index contributed by atoms with van der Waals surface area (Å²) in [5.41, 5.74) is 1.58. The van der Waals surface area contributed by atoms with Gasteiger partial charge in [0.15, 0.2) is 0 Å². The number of ether oxygens (including phenoxy) is 1. The zero-order valence-electron chi connectivity index (χ0n) is 15.2. The number of rotatable bonds is 4. The first kappa shape index (κ1) is 18.2. The van der Waals surface area contributed by atoms with Crippen LogP contribution in [-0.4, -0.2) is 47.1 Å². The lowest BCUT2D eigenvalue weighted by Gasteiger charge is -2.33. The van der Waals surface area contributed by atoms with Gasteiger partial charge >= 0.3 is 6.09 Å². The molecule has 0 spiro atoms. The highest BCUT2D eigenvalue weighted by molar-refractivity contribution is 6.20. The average molecular weight is 380 g/mol. The summed E-state index contributed by atoms with van der Waals surface area (Å²) in [6, 6.07) is 16.1. The van der Waals surface area contributed by atoms with Gasteiger partial charge in [0.25, 0.3) is 11.8 Å². The van der Waals surface area contributed by atoms with Crippen LogP contribution in [0.15, 0.2) is 54.6 Å². The molecule has 7 nitrogen and oxygen atoms in total. The van der Waals surface area contributed by atoms with E-state index in [9.17, 15) is 14.4 Å². The Balaban J connectivity index is 1.35. The molecule has 144 valence electrons. The summed E-state index contributed by atoms with van der Waals surface area (Å²) in [5, 5.41) is 0.814. The van der Waals surface area contributed by atoms with Crippen LogP contribution in [-0.2, 0) is 16.2 Å². The lowest BCUT2D eigenvalue weighted by molar-refractivity contribution is -0.145. The van der Waals surface area contributed by atoms with E-state index in [0.717, 1.165) is 10.6 Å². The van der Waals surface area contributed by atoms with E-state index in [1.165, 1.54) is 0 Å². The average Bonchev–Trinajstić information content (AvgIpc) is 2.98. The minimum atomic E-state index is -0.468. The van der Waals surface area contributed by atoms with E-state index in [4.69, 9.17) is 9.57 Å². The number of piperidine rings is 1. The van der Waals surface area contributed by atoms with Gasteiger partial charge in [-0.1, -0.05) is 42.5 Å². The van der Waals surface area contributed by atoms with E-state index >= 15 is 0 Å². The molecular formula is C21H20N2O5. The summed E-state index contributed by atoms with van der Waals surface area (Å²) >= 11 is 0. The van der Waals surface area contributed by atoms with Gasteiger partial charge in [-0.05, 0) is 30.5 Å². The highest BCUT2D eigenvalue weighted by Gasteiger charge is 2.39. The predicted molar refractivity (Wildman–Crippen MR) is 99.2 cm³/mol. The van der Waals surface area contributed by atoms with Gasteiger partial charge in [0.1, 0.15) is 12.7 Å². The van der Waals surface area contributed by atoms with Crippen molar-refractivity contribution in [3.05, 3.63) is 71.3 Å². The molecule has 4 rings (SSSR count). The van der Waals surface area contributed by atoms with Crippen LogP contribution in [0.3, 0.4) is 0 Å². The third-order valence-electron chi connectivity index (χ3n) is 4.85. The minimum Gasteiger partial charge on any atom is -0.445 e. The van der Waals surface area contributed by atoms with Crippen LogP contribution in [0.1, 0.15) is 39.1 Å². The standard InChI is InChI=1S/C21H20N2O5/c24-19-17-10-4-5-11-18(17)20(25)23(19)28-16-9-6-12-22(13-16)21(26)27-14-15-7-2-1-3-8-15/h1-5,7-8,10-11,16H,6,9,12-14H2. The zero-order chi connectivity index (χ0) is 19.5. The van der Waals surface area contributed by atoms with Gasteiger partial charge in [-0.15, -0.1) is 5.06 Å². The number of imide groups is 1. The molecule has 2 heterocycles. The van der Waals surface area contributed by atoms with Crippen LogP contribution in [0.2, 0.25) is 0 Å². The highest BCUT2D eigenvalue weighted by Crippen LogP contribution is 2.25. The molecule has 0 bridgehead atoms. The highest BCUT2D eigenvalue weighted by atomic mass is 16.7. The van der Waals surface area contributed by atoms with Crippen molar-refractivity contribution in [2.45, 2.75) is 25.6 Å². The molecule has 2 aromatic carbocycles. The number of carbonyl (C=O) groups excluding carboxylic acids is 3. The molecule has 2 aliphatic rings. The number of benzene rings is 2. The number of amides is 3. The number of likely N-dealkylation sites (tertiary alicyclic amines) is 1. The second-order valence-corrected chi connectivity index (χ2v) is 6.81. The van der Waals surface area contributed by atoms with Crippen molar-refractivity contribution < 1.29 is 24.0 Å². The molecule has 1 atom stereocenters. The Bertz CT molecular complexity index is 864. The second kappa shape index (κ2) is 7.82. The Kier molecular flexibility index (Phi) is 5.08. The maximum absolute atomic E-state index is 12.4. The molecule has 3 amide bonds. The fraction of sp³-hybridized carbons (Fsp3) is 0.286. The van der Waals surface area contributed by atoms with E-state index < -0.39 is 24.0 Å². The molecule has 7 heteroatoms. The Labute approximate surface area is 162 Å². The van der Waals surface area contributed by atoms with E-state index in [2.05, 4.69) is 0 Å². The Hall–Kier alpha value is -3.19. The van der Waals surface area contributed by atoms with Crippen LogP contribution in [0, 0.1) is 0 Å². The van der Waals surface area contributed by atoms with Crippen molar-refractivity contribution in [2.75, 3.05) is 13.1 Å². The van der Waals surface area contributed by atoms with Crippen molar-refractivity contribution in [3.8, 4) is 0 Å². The first-order valence-corrected chi connectivity index (χ1v) is 9.23. The Morgan fingerprint density at radius 2 is 1.61 bits per heavy atom. The first-order valence-electron chi connectivity index (χ1n) is 9.23. The number of hydroxylamine groups is 2. The Morgan fingerprint density at radius 3 is 2.29 bits per heavy atom. The van der Waals surface area contributed by atoms with Gasteiger partial charge < -0.3 is 9.64 Å². The van der Waals surface area contributed by atoms with Crippen LogP contribution in [0.25, 0.3) is 0 Å². The third kappa shape index (κ3) is 3.61. The monoisotopic (exact) mass is 380 g/mol. The van der Waals surface area contributed by atoms with Crippen molar-refractivity contribution in [1.82, 2.24) is 9.96 Å². The van der Waals surface area contributed by atoms with Crippen molar-refractivity contribution in [3.63, 3.8) is 0 Å². The number of hydrogen-bond donors (Lipinski definition) is 0. The van der Waals surface area contributed by atoms with E-state index in [0.29, 0.717) is 30.5 Å². The lowest BCUT2D eigenvalue weighted by Crippen LogP contribution is -2.46. The maximum Gasteiger partial charge on any atom is 0.410 e. The minimum absolute atomic E-state index is 0.195. The summed E-state index contributed by atoms with van der Waals surface area (Å²) in [6.07, 6.45) is 0.476. The summed E-state index contributed by atoms with van der Waals surface area (Å²) < 4.78 is 5.36. The van der Waals surface area contributed by atoms with Crippen LogP contribution < -0.4 is 0 Å². The molecule has 2 aromatic rings. The third-order valence-corrected chi connectivity index (χ3v) is 4.85. The number of carbonyl (C=O) groups is 3. The molecule has 2 aliphatic heterocycles. The molecule has 1 unspecified atom stereocenters. The molecule has 1 fully saturated rings. The molecule has 0 N–H and O–H groups in total. The largest absolute Gasteiger partial charge is 0.445 e. The number of fused-ring (bicyclic) bond motifs is 1. The van der Waals surface area contributed by atoms with Crippen LogP contribution >= 0.6 is 0 Å².